The fraction of sp³-hybridized carbons (Fsp3) is 0.571. The van der Waals surface area contributed by atoms with Crippen molar-refractivity contribution in [2.24, 2.45) is 11.5 Å². The molecule has 0 saturated heterocycles. The maximum absolute atomic E-state index is 10.6. The van der Waals surface area contributed by atoms with Crippen LogP contribution in [0.25, 0.3) is 0 Å². The summed E-state index contributed by atoms with van der Waals surface area (Å²) in [5, 5.41) is 13.0. The number of carbonyl (C=O) groups excluding carboxylic acids is 2. The fourth-order valence-electron chi connectivity index (χ4n) is 0.947. The van der Waals surface area contributed by atoms with Gasteiger partial charge >= 0.3 is 18.0 Å². The lowest BCUT2D eigenvalue weighted by Crippen LogP contribution is -2.44. The third-order valence-corrected chi connectivity index (χ3v) is 1.58. The number of amides is 4. The first-order valence-electron chi connectivity index (χ1n) is 4.25. The van der Waals surface area contributed by atoms with Crippen molar-refractivity contribution in [1.29, 1.82) is 0 Å². The van der Waals surface area contributed by atoms with E-state index in [1.165, 1.54) is 0 Å². The summed E-state index contributed by atoms with van der Waals surface area (Å²) in [5.74, 6) is -1.17. The maximum Gasteiger partial charge on any atom is 0.326 e. The standard InChI is InChI=1S/C7H14N4O4/c8-6(14)10-3-1-2-4(5(12)13)11-7(9)15/h4H,1-3H2,(H,12,13)(H3,8,10,14)(H3,9,11,15)/t4-/m1/s1. The largest absolute Gasteiger partial charge is 0.480 e. The molecule has 0 aliphatic heterocycles. The summed E-state index contributed by atoms with van der Waals surface area (Å²) in [6.45, 7) is 0.250. The lowest BCUT2D eigenvalue weighted by atomic mass is 10.1. The molecule has 0 radical (unpaired) electrons. The Morgan fingerprint density at radius 2 is 1.80 bits per heavy atom. The molecular weight excluding hydrogens is 204 g/mol. The molecule has 0 unspecified atom stereocenters. The van der Waals surface area contributed by atoms with E-state index in [0.717, 1.165) is 0 Å². The predicted octanol–water partition coefficient (Wildman–Crippen LogP) is -1.44. The van der Waals surface area contributed by atoms with Gasteiger partial charge in [-0.25, -0.2) is 14.4 Å². The van der Waals surface area contributed by atoms with E-state index >= 15 is 0 Å². The van der Waals surface area contributed by atoms with Crippen molar-refractivity contribution < 1.29 is 19.5 Å². The minimum absolute atomic E-state index is 0.165. The summed E-state index contributed by atoms with van der Waals surface area (Å²) in [4.78, 5) is 31.3. The molecule has 0 spiro atoms. The first-order chi connectivity index (χ1) is 6.93. The number of nitrogens with two attached hydrogens (primary N) is 2. The monoisotopic (exact) mass is 218 g/mol. The topological polar surface area (TPSA) is 148 Å². The first-order valence-corrected chi connectivity index (χ1v) is 4.25. The van der Waals surface area contributed by atoms with Gasteiger partial charge in [0.25, 0.3) is 0 Å². The number of hydrogen-bond acceptors (Lipinski definition) is 3. The highest BCUT2D eigenvalue weighted by atomic mass is 16.4. The van der Waals surface area contributed by atoms with E-state index in [1.807, 2.05) is 0 Å². The van der Waals surface area contributed by atoms with E-state index in [2.05, 4.69) is 10.6 Å². The number of aliphatic carboxylic acids is 1. The number of rotatable bonds is 6. The van der Waals surface area contributed by atoms with E-state index < -0.39 is 24.1 Å². The Morgan fingerprint density at radius 1 is 1.20 bits per heavy atom. The van der Waals surface area contributed by atoms with Gasteiger partial charge in [-0.2, -0.15) is 0 Å². The van der Waals surface area contributed by atoms with Crippen LogP contribution in [-0.2, 0) is 4.79 Å². The molecular formula is C7H14N4O4. The summed E-state index contributed by atoms with van der Waals surface area (Å²) >= 11 is 0. The molecule has 1 atom stereocenters. The molecule has 0 aromatic rings. The average Bonchev–Trinajstić information content (AvgIpc) is 2.08. The van der Waals surface area contributed by atoms with Gasteiger partial charge in [0.1, 0.15) is 6.04 Å². The van der Waals surface area contributed by atoms with Gasteiger partial charge in [0.05, 0.1) is 0 Å². The predicted molar refractivity (Wildman–Crippen MR) is 51.0 cm³/mol. The third-order valence-electron chi connectivity index (χ3n) is 1.58. The quantitative estimate of drug-likeness (QED) is 0.347. The average molecular weight is 218 g/mol. The minimum atomic E-state index is -1.17. The van der Waals surface area contributed by atoms with Gasteiger partial charge in [-0.15, -0.1) is 0 Å². The number of carbonyl (C=O) groups is 3. The van der Waals surface area contributed by atoms with Crippen molar-refractivity contribution in [2.45, 2.75) is 18.9 Å². The maximum atomic E-state index is 10.6. The van der Waals surface area contributed by atoms with Gasteiger partial charge in [0.15, 0.2) is 0 Å². The van der Waals surface area contributed by atoms with E-state index in [0.29, 0.717) is 6.42 Å². The Morgan fingerprint density at radius 3 is 2.20 bits per heavy atom. The van der Waals surface area contributed by atoms with Crippen molar-refractivity contribution in [3.8, 4) is 0 Å². The lowest BCUT2D eigenvalue weighted by molar-refractivity contribution is -0.139. The van der Waals surface area contributed by atoms with Crippen LogP contribution in [0.5, 0.6) is 0 Å². The molecule has 0 rings (SSSR count). The fourth-order valence-corrected chi connectivity index (χ4v) is 0.947. The van der Waals surface area contributed by atoms with E-state index in [4.69, 9.17) is 16.6 Å². The van der Waals surface area contributed by atoms with Crippen molar-refractivity contribution in [3.05, 3.63) is 0 Å². The second-order valence-electron chi connectivity index (χ2n) is 2.83. The smallest absolute Gasteiger partial charge is 0.326 e. The highest BCUT2D eigenvalue weighted by Crippen LogP contribution is 1.96. The van der Waals surface area contributed by atoms with Crippen LogP contribution in [0.3, 0.4) is 0 Å². The van der Waals surface area contributed by atoms with Gasteiger partial charge in [-0.05, 0) is 12.8 Å². The SMILES string of the molecule is NC(=O)NCCC[C@@H](NC(N)=O)C(=O)O. The van der Waals surface area contributed by atoms with Crippen LogP contribution in [0.1, 0.15) is 12.8 Å². The number of hydrogen-bond donors (Lipinski definition) is 5. The molecule has 15 heavy (non-hydrogen) atoms. The van der Waals surface area contributed by atoms with Gasteiger partial charge in [-0.1, -0.05) is 0 Å². The summed E-state index contributed by atoms with van der Waals surface area (Å²) in [7, 11) is 0. The zero-order valence-electron chi connectivity index (χ0n) is 8.03. The van der Waals surface area contributed by atoms with Crippen LogP contribution in [0.15, 0.2) is 0 Å². The molecule has 0 aliphatic rings. The van der Waals surface area contributed by atoms with Crippen LogP contribution in [0, 0.1) is 0 Å². The molecule has 0 bridgehead atoms. The molecule has 86 valence electrons. The molecule has 4 amide bonds. The zero-order chi connectivity index (χ0) is 11.8. The van der Waals surface area contributed by atoms with E-state index in [-0.39, 0.29) is 13.0 Å². The highest BCUT2D eigenvalue weighted by Gasteiger charge is 2.17. The second kappa shape index (κ2) is 6.46. The molecule has 0 aromatic carbocycles. The summed E-state index contributed by atoms with van der Waals surface area (Å²) in [6, 6.07) is -2.62. The van der Waals surface area contributed by atoms with Crippen molar-refractivity contribution in [1.82, 2.24) is 10.6 Å². The van der Waals surface area contributed by atoms with Crippen LogP contribution >= 0.6 is 0 Å². The summed E-state index contributed by atoms with van der Waals surface area (Å²) < 4.78 is 0. The first kappa shape index (κ1) is 13.0. The zero-order valence-corrected chi connectivity index (χ0v) is 8.03. The second-order valence-corrected chi connectivity index (χ2v) is 2.83. The lowest BCUT2D eigenvalue weighted by Gasteiger charge is -2.12. The Balaban J connectivity index is 3.81. The molecule has 0 aliphatic carbocycles. The molecule has 0 aromatic heterocycles. The number of nitrogens with one attached hydrogen (secondary N) is 2. The number of carboxylic acids is 1. The van der Waals surface area contributed by atoms with Crippen LogP contribution in [-0.4, -0.2) is 35.7 Å². The minimum Gasteiger partial charge on any atom is -0.480 e. The van der Waals surface area contributed by atoms with Crippen LogP contribution in [0.4, 0.5) is 9.59 Å². The molecule has 7 N–H and O–H groups in total. The van der Waals surface area contributed by atoms with E-state index in [9.17, 15) is 14.4 Å². The number of primary amides is 2. The van der Waals surface area contributed by atoms with Crippen LogP contribution < -0.4 is 22.1 Å². The Hall–Kier alpha value is -1.99. The van der Waals surface area contributed by atoms with Crippen molar-refractivity contribution in [2.75, 3.05) is 6.54 Å². The van der Waals surface area contributed by atoms with Crippen molar-refractivity contribution in [3.63, 3.8) is 0 Å². The normalized spacial score (nSPS) is 11.5. The molecule has 8 nitrogen and oxygen atoms in total. The van der Waals surface area contributed by atoms with Gasteiger partial charge in [-0.3, -0.25) is 0 Å². The van der Waals surface area contributed by atoms with Gasteiger partial charge in [0.2, 0.25) is 0 Å². The summed E-state index contributed by atoms with van der Waals surface area (Å²) in [6.07, 6.45) is 0.540. The molecule has 0 saturated carbocycles. The van der Waals surface area contributed by atoms with Crippen LogP contribution in [0.2, 0.25) is 0 Å². The molecule has 0 fully saturated rings. The van der Waals surface area contributed by atoms with Gasteiger partial charge < -0.3 is 27.2 Å². The third kappa shape index (κ3) is 7.11. The van der Waals surface area contributed by atoms with Gasteiger partial charge in [0, 0.05) is 6.54 Å². The Labute approximate surface area is 86.0 Å². The Bertz CT molecular complexity index is 255. The van der Waals surface area contributed by atoms with Crippen molar-refractivity contribution >= 4 is 18.0 Å². The number of carboxylic acid groups (broad SMARTS) is 1. The number of urea groups is 2. The molecule has 0 heterocycles. The Kier molecular flexibility index (Phi) is 5.60. The van der Waals surface area contributed by atoms with E-state index in [1.54, 1.807) is 0 Å². The highest BCUT2D eigenvalue weighted by molar-refractivity contribution is 5.81. The summed E-state index contributed by atoms with van der Waals surface area (Å²) in [5.41, 5.74) is 9.57. The molecule has 8 heteroatoms.